The summed E-state index contributed by atoms with van der Waals surface area (Å²) in [7, 11) is 1.55. The Morgan fingerprint density at radius 3 is 2.73 bits per heavy atom. The standard InChI is InChI=1S/C21H29FN2O2/c1-26-14-20(25)24-12-16-11-23(18-8-3-2-4-9-18)13-19(16)21(24)15-6-5-7-17(22)10-15/h5-7,10,16,18-19,21H,2-4,8-9,11-14H2,1H3/t16-,19-,21+/m1/s1. The third kappa shape index (κ3) is 3.39. The Kier molecular flexibility index (Phi) is 5.28. The van der Waals surface area contributed by atoms with E-state index in [-0.39, 0.29) is 24.4 Å². The van der Waals surface area contributed by atoms with Crippen molar-refractivity contribution in [2.45, 2.75) is 44.2 Å². The van der Waals surface area contributed by atoms with E-state index in [4.69, 9.17) is 4.74 Å². The number of carbonyl (C=O) groups excluding carboxylic acids is 1. The first kappa shape index (κ1) is 17.9. The van der Waals surface area contributed by atoms with Crippen molar-refractivity contribution >= 4 is 5.91 Å². The van der Waals surface area contributed by atoms with Gasteiger partial charge in [0.2, 0.25) is 5.91 Å². The first-order valence-electron chi connectivity index (χ1n) is 9.95. The molecule has 142 valence electrons. The van der Waals surface area contributed by atoms with Gasteiger partial charge in [-0.1, -0.05) is 31.4 Å². The van der Waals surface area contributed by atoms with E-state index in [9.17, 15) is 9.18 Å². The molecule has 2 aliphatic heterocycles. The monoisotopic (exact) mass is 360 g/mol. The second-order valence-corrected chi connectivity index (χ2v) is 8.15. The fourth-order valence-corrected chi connectivity index (χ4v) is 5.40. The molecule has 4 nitrogen and oxygen atoms in total. The second-order valence-electron chi connectivity index (χ2n) is 8.15. The number of carbonyl (C=O) groups is 1. The molecule has 0 radical (unpaired) electrons. The number of rotatable bonds is 4. The quantitative estimate of drug-likeness (QED) is 0.826. The lowest BCUT2D eigenvalue weighted by Crippen LogP contribution is -2.40. The minimum atomic E-state index is -0.229. The van der Waals surface area contributed by atoms with Crippen molar-refractivity contribution in [2.24, 2.45) is 11.8 Å². The molecule has 1 aromatic rings. The molecular formula is C21H29FN2O2. The summed E-state index contributed by atoms with van der Waals surface area (Å²) in [6.07, 6.45) is 6.64. The Labute approximate surface area is 155 Å². The fourth-order valence-electron chi connectivity index (χ4n) is 5.40. The van der Waals surface area contributed by atoms with Crippen LogP contribution in [0.3, 0.4) is 0 Å². The summed E-state index contributed by atoms with van der Waals surface area (Å²) >= 11 is 0. The minimum Gasteiger partial charge on any atom is -0.375 e. The SMILES string of the molecule is COCC(=O)N1C[C@H]2CN(C3CCCCC3)C[C@H]2[C@@H]1c1cccc(F)c1. The Morgan fingerprint density at radius 2 is 2.00 bits per heavy atom. The molecule has 5 heteroatoms. The van der Waals surface area contributed by atoms with Crippen molar-refractivity contribution in [3.05, 3.63) is 35.6 Å². The molecule has 26 heavy (non-hydrogen) atoms. The Morgan fingerprint density at radius 1 is 1.19 bits per heavy atom. The molecule has 3 fully saturated rings. The highest BCUT2D eigenvalue weighted by molar-refractivity contribution is 5.78. The number of halogens is 1. The summed E-state index contributed by atoms with van der Waals surface area (Å²) in [5.41, 5.74) is 0.924. The van der Waals surface area contributed by atoms with Gasteiger partial charge in [0.1, 0.15) is 12.4 Å². The third-order valence-corrected chi connectivity index (χ3v) is 6.56. The van der Waals surface area contributed by atoms with Gasteiger partial charge in [-0.2, -0.15) is 0 Å². The zero-order valence-electron chi connectivity index (χ0n) is 15.6. The summed E-state index contributed by atoms with van der Waals surface area (Å²) in [5.74, 6) is 0.651. The van der Waals surface area contributed by atoms with E-state index in [1.165, 1.54) is 38.2 Å². The van der Waals surface area contributed by atoms with Crippen LogP contribution in [0, 0.1) is 17.7 Å². The molecule has 0 aromatic heterocycles. The lowest BCUT2D eigenvalue weighted by molar-refractivity contribution is -0.136. The van der Waals surface area contributed by atoms with Gasteiger partial charge < -0.3 is 9.64 Å². The topological polar surface area (TPSA) is 32.8 Å². The fraction of sp³-hybridized carbons (Fsp3) is 0.667. The van der Waals surface area contributed by atoms with Crippen LogP contribution in [0.25, 0.3) is 0 Å². The molecular weight excluding hydrogens is 331 g/mol. The predicted octanol–water partition coefficient (Wildman–Crippen LogP) is 3.24. The highest BCUT2D eigenvalue weighted by atomic mass is 19.1. The average Bonchev–Trinajstić information content (AvgIpc) is 3.20. The molecule has 1 aliphatic carbocycles. The van der Waals surface area contributed by atoms with Gasteiger partial charge in [-0.15, -0.1) is 0 Å². The summed E-state index contributed by atoms with van der Waals surface area (Å²) < 4.78 is 19.0. The van der Waals surface area contributed by atoms with E-state index >= 15 is 0 Å². The van der Waals surface area contributed by atoms with Crippen molar-refractivity contribution in [3.8, 4) is 0 Å². The number of methoxy groups -OCH3 is 1. The molecule has 1 aromatic carbocycles. The summed E-state index contributed by atoms with van der Waals surface area (Å²) in [5, 5.41) is 0. The molecule has 0 unspecified atom stereocenters. The molecule has 4 rings (SSSR count). The highest BCUT2D eigenvalue weighted by Gasteiger charge is 2.50. The first-order valence-corrected chi connectivity index (χ1v) is 9.95. The molecule has 2 saturated heterocycles. The number of nitrogens with zero attached hydrogens (tertiary/aromatic N) is 2. The number of benzene rings is 1. The molecule has 1 amide bonds. The molecule has 3 atom stereocenters. The predicted molar refractivity (Wildman–Crippen MR) is 98.2 cm³/mol. The number of amides is 1. The largest absolute Gasteiger partial charge is 0.375 e. The van der Waals surface area contributed by atoms with Crippen LogP contribution in [0.1, 0.15) is 43.7 Å². The number of hydrogen-bond donors (Lipinski definition) is 0. The molecule has 3 aliphatic rings. The van der Waals surface area contributed by atoms with Crippen LogP contribution >= 0.6 is 0 Å². The van der Waals surface area contributed by atoms with Crippen molar-refractivity contribution in [2.75, 3.05) is 33.4 Å². The van der Waals surface area contributed by atoms with Crippen LogP contribution in [0.2, 0.25) is 0 Å². The Bertz CT molecular complexity index is 647. The molecule has 0 N–H and O–H groups in total. The van der Waals surface area contributed by atoms with Crippen LogP contribution in [0.15, 0.2) is 24.3 Å². The molecule has 0 bridgehead atoms. The molecule has 2 heterocycles. The maximum Gasteiger partial charge on any atom is 0.249 e. The van der Waals surface area contributed by atoms with Gasteiger partial charge in [-0.05, 0) is 36.5 Å². The van der Waals surface area contributed by atoms with E-state index in [0.29, 0.717) is 17.9 Å². The van der Waals surface area contributed by atoms with E-state index in [1.807, 2.05) is 11.0 Å². The summed E-state index contributed by atoms with van der Waals surface area (Å²) in [4.78, 5) is 17.2. The van der Waals surface area contributed by atoms with Crippen LogP contribution in [-0.4, -0.2) is 55.1 Å². The van der Waals surface area contributed by atoms with Gasteiger partial charge in [0.05, 0.1) is 6.04 Å². The van der Waals surface area contributed by atoms with Crippen molar-refractivity contribution < 1.29 is 13.9 Å². The maximum absolute atomic E-state index is 13.9. The van der Waals surface area contributed by atoms with Crippen LogP contribution in [0.4, 0.5) is 4.39 Å². The van der Waals surface area contributed by atoms with E-state index in [2.05, 4.69) is 4.90 Å². The molecule has 1 saturated carbocycles. The van der Waals surface area contributed by atoms with Crippen molar-refractivity contribution in [1.29, 1.82) is 0 Å². The summed E-state index contributed by atoms with van der Waals surface area (Å²) in [6.45, 7) is 2.94. The first-order chi connectivity index (χ1) is 12.7. The average molecular weight is 360 g/mol. The van der Waals surface area contributed by atoms with Gasteiger partial charge >= 0.3 is 0 Å². The smallest absolute Gasteiger partial charge is 0.249 e. The lowest BCUT2D eigenvalue weighted by atomic mass is 9.89. The van der Waals surface area contributed by atoms with Crippen LogP contribution in [-0.2, 0) is 9.53 Å². The number of ether oxygens (including phenoxy) is 1. The Balaban J connectivity index is 1.57. The minimum absolute atomic E-state index is 0.0142. The van der Waals surface area contributed by atoms with Gasteiger partial charge in [0, 0.05) is 38.7 Å². The second kappa shape index (κ2) is 7.65. The molecule has 0 spiro atoms. The lowest BCUT2D eigenvalue weighted by Gasteiger charge is -2.34. The number of likely N-dealkylation sites (tertiary alicyclic amines) is 2. The van der Waals surface area contributed by atoms with Crippen LogP contribution in [0.5, 0.6) is 0 Å². The van der Waals surface area contributed by atoms with Crippen molar-refractivity contribution in [1.82, 2.24) is 9.80 Å². The normalized spacial score (nSPS) is 29.9. The zero-order valence-corrected chi connectivity index (χ0v) is 15.6. The highest BCUT2D eigenvalue weighted by Crippen LogP contribution is 2.46. The van der Waals surface area contributed by atoms with E-state index in [1.54, 1.807) is 19.2 Å². The third-order valence-electron chi connectivity index (χ3n) is 6.56. The van der Waals surface area contributed by atoms with Crippen LogP contribution < -0.4 is 0 Å². The van der Waals surface area contributed by atoms with E-state index < -0.39 is 0 Å². The van der Waals surface area contributed by atoms with Gasteiger partial charge in [-0.25, -0.2) is 4.39 Å². The number of fused-ring (bicyclic) bond motifs is 1. The summed E-state index contributed by atoms with van der Waals surface area (Å²) in [6, 6.07) is 7.46. The Hall–Kier alpha value is -1.46. The van der Waals surface area contributed by atoms with Crippen molar-refractivity contribution in [3.63, 3.8) is 0 Å². The van der Waals surface area contributed by atoms with Gasteiger partial charge in [0.25, 0.3) is 0 Å². The van der Waals surface area contributed by atoms with E-state index in [0.717, 1.165) is 25.2 Å². The van der Waals surface area contributed by atoms with Gasteiger partial charge in [-0.3, -0.25) is 9.69 Å². The number of hydrogen-bond acceptors (Lipinski definition) is 3. The maximum atomic E-state index is 13.9. The van der Waals surface area contributed by atoms with Gasteiger partial charge in [0.15, 0.2) is 0 Å². The zero-order chi connectivity index (χ0) is 18.1.